The molecule has 0 unspecified atom stereocenters. The highest BCUT2D eigenvalue weighted by molar-refractivity contribution is 5.77. The van der Waals surface area contributed by atoms with Gasteiger partial charge in [-0.25, -0.2) is 4.79 Å². The quantitative estimate of drug-likeness (QED) is 0.712. The monoisotopic (exact) mass is 270 g/mol. The maximum atomic E-state index is 12.2. The van der Waals surface area contributed by atoms with Crippen LogP contribution < -0.4 is 5.32 Å². The number of carboxylic acids is 1. The number of carbonyl (C=O) groups is 2. The molecule has 2 aliphatic rings. The first kappa shape index (κ1) is 14.1. The summed E-state index contributed by atoms with van der Waals surface area (Å²) in [5.41, 5.74) is -0.570. The number of amides is 2. The average molecular weight is 270 g/mol. The van der Waals surface area contributed by atoms with Gasteiger partial charge < -0.3 is 20.4 Å². The molecular weight excluding hydrogens is 248 g/mol. The summed E-state index contributed by atoms with van der Waals surface area (Å²) >= 11 is 0. The highest BCUT2D eigenvalue weighted by Gasteiger charge is 2.38. The number of likely N-dealkylation sites (tertiary alicyclic amines) is 1. The van der Waals surface area contributed by atoms with Crippen LogP contribution >= 0.6 is 0 Å². The van der Waals surface area contributed by atoms with Crippen molar-refractivity contribution in [2.24, 2.45) is 0 Å². The van der Waals surface area contributed by atoms with Crippen LogP contribution in [0.3, 0.4) is 0 Å². The van der Waals surface area contributed by atoms with E-state index in [0.717, 1.165) is 25.7 Å². The van der Waals surface area contributed by atoms with Crippen LogP contribution in [-0.4, -0.2) is 51.8 Å². The summed E-state index contributed by atoms with van der Waals surface area (Å²) in [6.07, 6.45) is 4.28. The predicted molar refractivity (Wildman–Crippen MR) is 68.8 cm³/mol. The van der Waals surface area contributed by atoms with E-state index in [1.54, 1.807) is 4.90 Å². The number of nitrogens with one attached hydrogen (secondary N) is 1. The Morgan fingerprint density at radius 3 is 2.32 bits per heavy atom. The number of nitrogens with zero attached hydrogens (tertiary/aromatic N) is 1. The molecule has 0 aromatic rings. The molecule has 2 amide bonds. The molecule has 2 fully saturated rings. The molecule has 1 saturated carbocycles. The minimum Gasteiger partial charge on any atom is -0.481 e. The number of aliphatic carboxylic acids is 1. The van der Waals surface area contributed by atoms with Gasteiger partial charge in [0.25, 0.3) is 0 Å². The van der Waals surface area contributed by atoms with Crippen molar-refractivity contribution in [3.8, 4) is 0 Å². The van der Waals surface area contributed by atoms with Crippen molar-refractivity contribution in [3.63, 3.8) is 0 Å². The summed E-state index contributed by atoms with van der Waals surface area (Å²) in [4.78, 5) is 24.8. The number of aliphatic hydroxyl groups excluding tert-OH is 1. The number of rotatable bonds is 3. The van der Waals surface area contributed by atoms with Crippen molar-refractivity contribution in [2.75, 3.05) is 13.1 Å². The molecule has 0 bridgehead atoms. The van der Waals surface area contributed by atoms with Crippen LogP contribution in [0.5, 0.6) is 0 Å². The Hall–Kier alpha value is -1.30. The maximum Gasteiger partial charge on any atom is 0.317 e. The number of hydrogen-bond donors (Lipinski definition) is 3. The zero-order valence-electron chi connectivity index (χ0n) is 11.1. The lowest BCUT2D eigenvalue weighted by Gasteiger charge is -2.35. The molecule has 3 N–H and O–H groups in total. The fourth-order valence-electron chi connectivity index (χ4n) is 3.06. The first-order chi connectivity index (χ1) is 9.01. The van der Waals surface area contributed by atoms with Gasteiger partial charge in [-0.05, 0) is 25.7 Å². The number of aliphatic hydroxyl groups is 1. The van der Waals surface area contributed by atoms with Crippen molar-refractivity contribution >= 4 is 12.0 Å². The lowest BCUT2D eigenvalue weighted by Crippen LogP contribution is -2.54. The molecule has 6 nitrogen and oxygen atoms in total. The molecule has 2 rings (SSSR count). The molecule has 1 heterocycles. The van der Waals surface area contributed by atoms with Gasteiger partial charge in [0.15, 0.2) is 0 Å². The Morgan fingerprint density at radius 2 is 1.79 bits per heavy atom. The fourth-order valence-corrected chi connectivity index (χ4v) is 3.06. The van der Waals surface area contributed by atoms with Crippen LogP contribution in [0.15, 0.2) is 0 Å². The Morgan fingerprint density at radius 1 is 1.21 bits per heavy atom. The lowest BCUT2D eigenvalue weighted by molar-refractivity contribution is -0.138. The zero-order valence-corrected chi connectivity index (χ0v) is 11.1. The number of piperidine rings is 1. The van der Waals surface area contributed by atoms with E-state index in [0.29, 0.717) is 25.9 Å². The van der Waals surface area contributed by atoms with Gasteiger partial charge in [-0.1, -0.05) is 12.8 Å². The second kappa shape index (κ2) is 5.77. The fraction of sp³-hybridized carbons (Fsp3) is 0.846. The Bertz CT molecular complexity index is 345. The summed E-state index contributed by atoms with van der Waals surface area (Å²) < 4.78 is 0. The van der Waals surface area contributed by atoms with Crippen LogP contribution in [0, 0.1) is 0 Å². The topological polar surface area (TPSA) is 89.9 Å². The molecule has 0 aromatic heterocycles. The van der Waals surface area contributed by atoms with Crippen molar-refractivity contribution in [1.29, 1.82) is 0 Å². The molecule has 0 aromatic carbocycles. The Labute approximate surface area is 112 Å². The van der Waals surface area contributed by atoms with Gasteiger partial charge in [0.05, 0.1) is 18.1 Å². The summed E-state index contributed by atoms with van der Waals surface area (Å²) in [6.45, 7) is 1.08. The van der Waals surface area contributed by atoms with E-state index in [-0.39, 0.29) is 18.6 Å². The molecule has 0 radical (unpaired) electrons. The van der Waals surface area contributed by atoms with Crippen molar-refractivity contribution in [2.45, 2.75) is 56.6 Å². The maximum absolute atomic E-state index is 12.2. The van der Waals surface area contributed by atoms with E-state index in [9.17, 15) is 14.7 Å². The Kier molecular flexibility index (Phi) is 4.29. The lowest BCUT2D eigenvalue weighted by atomic mass is 9.93. The first-order valence-corrected chi connectivity index (χ1v) is 6.98. The van der Waals surface area contributed by atoms with E-state index in [4.69, 9.17) is 5.11 Å². The SMILES string of the molecule is O=C(O)CC1(NC(=O)N2CCC(O)CC2)CCCC1. The minimum absolute atomic E-state index is 0.00476. The second-order valence-corrected chi connectivity index (χ2v) is 5.71. The molecule has 6 heteroatoms. The molecule has 19 heavy (non-hydrogen) atoms. The van der Waals surface area contributed by atoms with Gasteiger partial charge in [0.1, 0.15) is 0 Å². The summed E-state index contributed by atoms with van der Waals surface area (Å²) in [7, 11) is 0. The summed E-state index contributed by atoms with van der Waals surface area (Å²) in [5.74, 6) is -0.865. The second-order valence-electron chi connectivity index (χ2n) is 5.71. The molecule has 1 aliphatic carbocycles. The van der Waals surface area contributed by atoms with Crippen LogP contribution in [0.1, 0.15) is 44.9 Å². The minimum atomic E-state index is -0.865. The normalized spacial score (nSPS) is 23.3. The van der Waals surface area contributed by atoms with Gasteiger partial charge >= 0.3 is 12.0 Å². The van der Waals surface area contributed by atoms with Gasteiger partial charge in [0, 0.05) is 13.1 Å². The predicted octanol–water partition coefficient (Wildman–Crippen LogP) is 0.940. The van der Waals surface area contributed by atoms with E-state index in [1.165, 1.54) is 0 Å². The van der Waals surface area contributed by atoms with Crippen LogP contribution in [-0.2, 0) is 4.79 Å². The number of hydrogen-bond acceptors (Lipinski definition) is 3. The molecule has 0 spiro atoms. The Balaban J connectivity index is 1.93. The van der Waals surface area contributed by atoms with E-state index >= 15 is 0 Å². The van der Waals surface area contributed by atoms with Crippen LogP contribution in [0.25, 0.3) is 0 Å². The van der Waals surface area contributed by atoms with E-state index < -0.39 is 11.5 Å². The van der Waals surface area contributed by atoms with Gasteiger partial charge in [-0.15, -0.1) is 0 Å². The van der Waals surface area contributed by atoms with E-state index in [2.05, 4.69) is 5.32 Å². The van der Waals surface area contributed by atoms with Crippen molar-refractivity contribution in [3.05, 3.63) is 0 Å². The molecule has 1 aliphatic heterocycles. The summed E-state index contributed by atoms with van der Waals surface area (Å²) in [6, 6.07) is -0.185. The molecule has 108 valence electrons. The van der Waals surface area contributed by atoms with Crippen LogP contribution in [0.4, 0.5) is 4.79 Å². The third-order valence-corrected chi connectivity index (χ3v) is 4.17. The standard InChI is InChI=1S/C13H22N2O4/c16-10-3-7-15(8-4-10)12(19)14-13(9-11(17)18)5-1-2-6-13/h10,16H,1-9H2,(H,14,19)(H,17,18). The highest BCUT2D eigenvalue weighted by Crippen LogP contribution is 2.33. The smallest absolute Gasteiger partial charge is 0.317 e. The number of carbonyl (C=O) groups excluding carboxylic acids is 1. The number of urea groups is 1. The summed E-state index contributed by atoms with van der Waals surface area (Å²) in [5, 5.41) is 21.4. The first-order valence-electron chi connectivity index (χ1n) is 6.98. The van der Waals surface area contributed by atoms with E-state index in [1.807, 2.05) is 0 Å². The average Bonchev–Trinajstić information content (AvgIpc) is 2.77. The van der Waals surface area contributed by atoms with Crippen molar-refractivity contribution < 1.29 is 19.8 Å². The molecule has 0 atom stereocenters. The molecule has 1 saturated heterocycles. The largest absolute Gasteiger partial charge is 0.481 e. The third-order valence-electron chi connectivity index (χ3n) is 4.17. The van der Waals surface area contributed by atoms with Gasteiger partial charge in [-0.2, -0.15) is 0 Å². The van der Waals surface area contributed by atoms with Gasteiger partial charge in [0.2, 0.25) is 0 Å². The van der Waals surface area contributed by atoms with Crippen molar-refractivity contribution in [1.82, 2.24) is 10.2 Å². The zero-order chi connectivity index (χ0) is 13.9. The molecular formula is C13H22N2O4. The highest BCUT2D eigenvalue weighted by atomic mass is 16.4. The van der Waals surface area contributed by atoms with Gasteiger partial charge in [-0.3, -0.25) is 4.79 Å². The third kappa shape index (κ3) is 3.59. The van der Waals surface area contributed by atoms with Crippen LogP contribution in [0.2, 0.25) is 0 Å². The number of carboxylic acid groups (broad SMARTS) is 1.